The molecule has 0 amide bonds. The van der Waals surface area contributed by atoms with Crippen LogP contribution in [0.4, 0.5) is 5.95 Å². The lowest BCUT2D eigenvalue weighted by Crippen LogP contribution is -2.22. The van der Waals surface area contributed by atoms with Crippen molar-refractivity contribution < 1.29 is 0 Å². The van der Waals surface area contributed by atoms with E-state index in [1.54, 1.807) is 10.7 Å². The molecule has 8 nitrogen and oxygen atoms in total. The molecule has 3 aromatic heterocycles. The summed E-state index contributed by atoms with van der Waals surface area (Å²) in [5.74, 6) is 0.932. The number of anilines is 1. The van der Waals surface area contributed by atoms with E-state index >= 15 is 0 Å². The Hall–Kier alpha value is -3.78. The third kappa shape index (κ3) is 2.73. The molecule has 5 aromatic rings. The first-order chi connectivity index (χ1) is 14.8. The zero-order valence-corrected chi connectivity index (χ0v) is 16.3. The molecule has 0 radical (unpaired) electrons. The summed E-state index contributed by atoms with van der Waals surface area (Å²) >= 11 is 0. The van der Waals surface area contributed by atoms with Crippen molar-refractivity contribution in [2.24, 2.45) is 0 Å². The minimum atomic E-state index is 0.308. The molecule has 1 aliphatic rings. The smallest absolute Gasteiger partial charge is 0.225 e. The maximum absolute atomic E-state index is 6.22. The predicted molar refractivity (Wildman–Crippen MR) is 114 cm³/mol. The summed E-state index contributed by atoms with van der Waals surface area (Å²) in [4.78, 5) is 11.7. The van der Waals surface area contributed by atoms with Gasteiger partial charge in [0.05, 0.1) is 18.1 Å². The van der Waals surface area contributed by atoms with E-state index in [1.165, 1.54) is 11.1 Å². The molecule has 0 saturated heterocycles. The standard InChI is InChI=1S/C22H20N8/c23-22-26-20-18(21-25-19(27-30(21)22)15-6-2-1-3-7-15)12-24-29(20)11-10-28-13-16-8-4-5-9-17(16)14-28/h1-9,12H,10-11,13-14H2,(H2,23,26). The van der Waals surface area contributed by atoms with Crippen molar-refractivity contribution in [1.82, 2.24) is 34.3 Å². The maximum Gasteiger partial charge on any atom is 0.225 e. The fraction of sp³-hybridized carbons (Fsp3) is 0.182. The van der Waals surface area contributed by atoms with Crippen molar-refractivity contribution in [3.05, 3.63) is 71.9 Å². The van der Waals surface area contributed by atoms with Gasteiger partial charge in [-0.1, -0.05) is 54.6 Å². The number of hydrogen-bond donors (Lipinski definition) is 1. The number of fused-ring (bicyclic) bond motifs is 4. The average Bonchev–Trinajstić information content (AvgIpc) is 3.49. The zero-order valence-electron chi connectivity index (χ0n) is 16.3. The second-order valence-electron chi connectivity index (χ2n) is 7.59. The van der Waals surface area contributed by atoms with Gasteiger partial charge in [0.25, 0.3) is 0 Å². The summed E-state index contributed by atoms with van der Waals surface area (Å²) in [6.45, 7) is 3.57. The Kier molecular flexibility index (Phi) is 3.78. The van der Waals surface area contributed by atoms with Gasteiger partial charge in [-0.3, -0.25) is 4.90 Å². The lowest BCUT2D eigenvalue weighted by Gasteiger charge is -2.14. The number of nitrogens with zero attached hydrogens (tertiary/aromatic N) is 7. The van der Waals surface area contributed by atoms with Gasteiger partial charge >= 0.3 is 0 Å². The lowest BCUT2D eigenvalue weighted by molar-refractivity contribution is 0.268. The van der Waals surface area contributed by atoms with Crippen LogP contribution >= 0.6 is 0 Å². The van der Waals surface area contributed by atoms with Crippen molar-refractivity contribution >= 4 is 22.6 Å². The average molecular weight is 396 g/mol. The Bertz CT molecular complexity index is 1340. The van der Waals surface area contributed by atoms with E-state index in [1.807, 2.05) is 35.0 Å². The van der Waals surface area contributed by atoms with Crippen molar-refractivity contribution in [1.29, 1.82) is 0 Å². The van der Waals surface area contributed by atoms with Gasteiger partial charge in [-0.05, 0) is 11.1 Å². The number of rotatable bonds is 4. The van der Waals surface area contributed by atoms with Gasteiger partial charge < -0.3 is 5.73 Å². The molecule has 0 spiro atoms. The first-order valence-corrected chi connectivity index (χ1v) is 9.98. The number of aromatic nitrogens is 6. The summed E-state index contributed by atoms with van der Waals surface area (Å²) in [5, 5.41) is 9.97. The van der Waals surface area contributed by atoms with Crippen molar-refractivity contribution in [2.75, 3.05) is 12.3 Å². The lowest BCUT2D eigenvalue weighted by atomic mass is 10.1. The van der Waals surface area contributed by atoms with E-state index in [2.05, 4.69) is 44.3 Å². The van der Waals surface area contributed by atoms with E-state index in [0.717, 1.165) is 42.8 Å². The van der Waals surface area contributed by atoms with Gasteiger partial charge in [0, 0.05) is 25.2 Å². The molecule has 1 aliphatic heterocycles. The number of benzene rings is 2. The first kappa shape index (κ1) is 17.1. The topological polar surface area (TPSA) is 90.2 Å². The molecule has 148 valence electrons. The van der Waals surface area contributed by atoms with Crippen LogP contribution in [0.1, 0.15) is 11.1 Å². The van der Waals surface area contributed by atoms with Crippen LogP contribution in [0.25, 0.3) is 28.1 Å². The third-order valence-electron chi connectivity index (χ3n) is 5.66. The van der Waals surface area contributed by atoms with Crippen LogP contribution in [0.15, 0.2) is 60.8 Å². The summed E-state index contributed by atoms with van der Waals surface area (Å²) in [6.07, 6.45) is 1.80. The summed E-state index contributed by atoms with van der Waals surface area (Å²) in [5.41, 5.74) is 11.4. The van der Waals surface area contributed by atoms with Gasteiger partial charge in [0.1, 0.15) is 0 Å². The molecule has 2 N–H and O–H groups in total. The Balaban J connectivity index is 1.31. The molecule has 8 heteroatoms. The van der Waals surface area contributed by atoms with Gasteiger partial charge in [0.15, 0.2) is 17.1 Å². The SMILES string of the molecule is Nc1nc2c(cnn2CCN2Cc3ccccc3C2)c2nc(-c3ccccc3)nn12. The fourth-order valence-electron chi connectivity index (χ4n) is 4.13. The third-order valence-corrected chi connectivity index (χ3v) is 5.66. The molecule has 6 rings (SSSR count). The largest absolute Gasteiger partial charge is 0.368 e. The maximum atomic E-state index is 6.22. The van der Waals surface area contributed by atoms with E-state index in [-0.39, 0.29) is 0 Å². The minimum Gasteiger partial charge on any atom is -0.368 e. The molecular weight excluding hydrogens is 376 g/mol. The highest BCUT2D eigenvalue weighted by molar-refractivity contribution is 5.90. The fourth-order valence-corrected chi connectivity index (χ4v) is 4.13. The van der Waals surface area contributed by atoms with E-state index < -0.39 is 0 Å². The van der Waals surface area contributed by atoms with Crippen LogP contribution in [0.3, 0.4) is 0 Å². The minimum absolute atomic E-state index is 0.308. The molecule has 0 fully saturated rings. The van der Waals surface area contributed by atoms with Crippen molar-refractivity contribution in [3.63, 3.8) is 0 Å². The molecular formula is C22H20N8. The number of nitrogens with two attached hydrogens (primary N) is 1. The van der Waals surface area contributed by atoms with Crippen LogP contribution in [0.2, 0.25) is 0 Å². The highest BCUT2D eigenvalue weighted by atomic mass is 15.4. The second-order valence-corrected chi connectivity index (χ2v) is 7.59. The van der Waals surface area contributed by atoms with Crippen LogP contribution in [0.5, 0.6) is 0 Å². The summed E-state index contributed by atoms with van der Waals surface area (Å²) < 4.78 is 3.50. The molecule has 2 aromatic carbocycles. The molecule has 30 heavy (non-hydrogen) atoms. The molecule has 0 unspecified atom stereocenters. The molecule has 0 saturated carbocycles. The van der Waals surface area contributed by atoms with Crippen molar-refractivity contribution in [3.8, 4) is 11.4 Å². The Morgan fingerprint density at radius 3 is 2.33 bits per heavy atom. The van der Waals surface area contributed by atoms with Crippen LogP contribution < -0.4 is 5.73 Å². The molecule has 0 atom stereocenters. The first-order valence-electron chi connectivity index (χ1n) is 9.98. The molecule has 0 bridgehead atoms. The number of nitrogen functional groups attached to an aromatic ring is 1. The van der Waals surface area contributed by atoms with E-state index in [9.17, 15) is 0 Å². The van der Waals surface area contributed by atoms with E-state index in [0.29, 0.717) is 17.4 Å². The van der Waals surface area contributed by atoms with Crippen LogP contribution in [-0.2, 0) is 19.6 Å². The molecule has 0 aliphatic carbocycles. The molecule has 4 heterocycles. The van der Waals surface area contributed by atoms with Gasteiger partial charge in [-0.25, -0.2) is 9.67 Å². The van der Waals surface area contributed by atoms with Gasteiger partial charge in [-0.2, -0.15) is 14.6 Å². The van der Waals surface area contributed by atoms with E-state index in [4.69, 9.17) is 10.7 Å². The normalized spacial score (nSPS) is 14.0. The Morgan fingerprint density at radius 1 is 0.833 bits per heavy atom. The summed E-state index contributed by atoms with van der Waals surface area (Å²) in [7, 11) is 0. The van der Waals surface area contributed by atoms with Gasteiger partial charge in [0.2, 0.25) is 5.95 Å². The second kappa shape index (κ2) is 6.64. The van der Waals surface area contributed by atoms with Crippen LogP contribution in [-0.4, -0.2) is 40.8 Å². The van der Waals surface area contributed by atoms with Crippen LogP contribution in [0, 0.1) is 0 Å². The highest BCUT2D eigenvalue weighted by Crippen LogP contribution is 2.24. The van der Waals surface area contributed by atoms with Gasteiger partial charge in [-0.15, -0.1) is 5.10 Å². The Labute approximate surface area is 172 Å². The quantitative estimate of drug-likeness (QED) is 0.502. The predicted octanol–water partition coefficient (Wildman–Crippen LogP) is 2.74. The van der Waals surface area contributed by atoms with Crippen molar-refractivity contribution in [2.45, 2.75) is 19.6 Å². The monoisotopic (exact) mass is 396 g/mol. The highest BCUT2D eigenvalue weighted by Gasteiger charge is 2.20. The number of hydrogen-bond acceptors (Lipinski definition) is 6. The summed E-state index contributed by atoms with van der Waals surface area (Å²) in [6, 6.07) is 18.5. The Morgan fingerprint density at radius 2 is 1.57 bits per heavy atom. The zero-order chi connectivity index (χ0) is 20.1.